The molecule has 0 unspecified atom stereocenters. The molecule has 0 bridgehead atoms. The van der Waals surface area contributed by atoms with Crippen molar-refractivity contribution in [2.45, 2.75) is 31.6 Å². The van der Waals surface area contributed by atoms with Gasteiger partial charge in [0.15, 0.2) is 0 Å². The first-order valence-corrected chi connectivity index (χ1v) is 12.8. The van der Waals surface area contributed by atoms with Gasteiger partial charge in [-0.3, -0.25) is 4.90 Å². The van der Waals surface area contributed by atoms with Gasteiger partial charge in [0.05, 0.1) is 0 Å². The molecule has 0 N–H and O–H groups in total. The Morgan fingerprint density at radius 3 is 1.74 bits per heavy atom. The molecule has 186 valence electrons. The number of ether oxygens (including phenoxy) is 1. The van der Waals surface area contributed by atoms with Crippen LogP contribution in [0.2, 0.25) is 0 Å². The van der Waals surface area contributed by atoms with E-state index in [1.165, 1.54) is 30.7 Å². The molecule has 1 aliphatic rings. The van der Waals surface area contributed by atoms with Gasteiger partial charge in [-0.2, -0.15) is 0 Å². The molecule has 3 nitrogen and oxygen atoms in total. The average molecular weight is 479 g/mol. The molecule has 35 heavy (non-hydrogen) atoms. The van der Waals surface area contributed by atoms with Crippen LogP contribution in [0.5, 0.6) is 5.75 Å². The molecular formula is C30H36F2N2O. The van der Waals surface area contributed by atoms with E-state index in [0.29, 0.717) is 0 Å². The summed E-state index contributed by atoms with van der Waals surface area (Å²) in [5, 5.41) is 0. The molecule has 0 atom stereocenters. The fraction of sp³-hybridized carbons (Fsp3) is 0.400. The van der Waals surface area contributed by atoms with Crippen LogP contribution in [0.15, 0.2) is 78.9 Å². The van der Waals surface area contributed by atoms with Crippen molar-refractivity contribution in [2.24, 2.45) is 0 Å². The summed E-state index contributed by atoms with van der Waals surface area (Å²) in [6.07, 6.45) is 4.41. The second kappa shape index (κ2) is 13.4. The largest absolute Gasteiger partial charge is 0.492 e. The summed E-state index contributed by atoms with van der Waals surface area (Å²) in [5.74, 6) is 0.649. The monoisotopic (exact) mass is 478 g/mol. The third-order valence-corrected chi connectivity index (χ3v) is 6.90. The number of halogens is 2. The molecule has 0 amide bonds. The lowest BCUT2D eigenvalue weighted by Gasteiger charge is -2.34. The summed E-state index contributed by atoms with van der Waals surface area (Å²) < 4.78 is 32.7. The zero-order valence-electron chi connectivity index (χ0n) is 20.4. The first-order valence-electron chi connectivity index (χ1n) is 12.8. The number of unbranched alkanes of at least 4 members (excludes halogenated alkanes) is 2. The highest BCUT2D eigenvalue weighted by molar-refractivity contribution is 5.32. The van der Waals surface area contributed by atoms with E-state index in [4.69, 9.17) is 4.74 Å². The van der Waals surface area contributed by atoms with E-state index < -0.39 is 0 Å². The highest BCUT2D eigenvalue weighted by Crippen LogP contribution is 2.30. The van der Waals surface area contributed by atoms with Crippen molar-refractivity contribution in [1.29, 1.82) is 0 Å². The third-order valence-electron chi connectivity index (χ3n) is 6.90. The van der Waals surface area contributed by atoms with E-state index in [2.05, 4.69) is 9.80 Å². The molecule has 0 saturated carbocycles. The summed E-state index contributed by atoms with van der Waals surface area (Å²) in [6.45, 7) is 7.24. The van der Waals surface area contributed by atoms with E-state index in [9.17, 15) is 8.78 Å². The standard InChI is InChI=1S/C30H36F2N2O/c31-27-14-10-25(11-15-27)30(26-12-16-28(32)17-13-26)9-5-2-6-18-33-19-21-34(22-20-33)23-24-35-29-7-3-1-4-8-29/h1,3-4,7-8,10-17,30H,2,5-6,9,18-24H2. The van der Waals surface area contributed by atoms with Gasteiger partial charge in [-0.1, -0.05) is 55.3 Å². The number of para-hydroxylation sites is 1. The Morgan fingerprint density at radius 2 is 1.17 bits per heavy atom. The summed E-state index contributed by atoms with van der Waals surface area (Å²) >= 11 is 0. The number of rotatable bonds is 12. The second-order valence-electron chi connectivity index (χ2n) is 9.35. The molecule has 5 heteroatoms. The maximum absolute atomic E-state index is 13.4. The maximum atomic E-state index is 13.4. The van der Waals surface area contributed by atoms with Crippen LogP contribution < -0.4 is 4.74 Å². The smallest absolute Gasteiger partial charge is 0.123 e. The minimum Gasteiger partial charge on any atom is -0.492 e. The highest BCUT2D eigenvalue weighted by Gasteiger charge is 2.17. The van der Waals surface area contributed by atoms with Gasteiger partial charge in [0.2, 0.25) is 0 Å². The second-order valence-corrected chi connectivity index (χ2v) is 9.35. The molecule has 3 aromatic rings. The maximum Gasteiger partial charge on any atom is 0.123 e. The molecule has 1 saturated heterocycles. The Labute approximate surface area is 208 Å². The van der Waals surface area contributed by atoms with Crippen molar-refractivity contribution in [2.75, 3.05) is 45.9 Å². The van der Waals surface area contributed by atoms with Crippen LogP contribution in [0.1, 0.15) is 42.7 Å². The van der Waals surface area contributed by atoms with Crippen molar-refractivity contribution in [3.05, 3.63) is 102 Å². The molecule has 1 heterocycles. The van der Waals surface area contributed by atoms with Crippen LogP contribution in [-0.4, -0.2) is 55.7 Å². The number of piperazine rings is 1. The summed E-state index contributed by atoms with van der Waals surface area (Å²) in [4.78, 5) is 5.04. The van der Waals surface area contributed by atoms with E-state index in [1.807, 2.05) is 54.6 Å². The third kappa shape index (κ3) is 8.15. The van der Waals surface area contributed by atoms with Gasteiger partial charge < -0.3 is 9.64 Å². The predicted molar refractivity (Wildman–Crippen MR) is 138 cm³/mol. The fourth-order valence-corrected chi connectivity index (χ4v) is 4.82. The van der Waals surface area contributed by atoms with Gasteiger partial charge in [0, 0.05) is 38.6 Å². The zero-order chi connectivity index (χ0) is 24.3. The van der Waals surface area contributed by atoms with Crippen LogP contribution in [0.3, 0.4) is 0 Å². The van der Waals surface area contributed by atoms with Crippen LogP contribution in [-0.2, 0) is 0 Å². The molecule has 3 aromatic carbocycles. The number of hydrogen-bond acceptors (Lipinski definition) is 3. The Morgan fingerprint density at radius 1 is 0.629 bits per heavy atom. The van der Waals surface area contributed by atoms with Gasteiger partial charge in [-0.15, -0.1) is 0 Å². The lowest BCUT2D eigenvalue weighted by atomic mass is 9.87. The number of nitrogens with zero attached hydrogens (tertiary/aromatic N) is 2. The molecule has 0 aliphatic carbocycles. The molecular weight excluding hydrogens is 442 g/mol. The number of benzene rings is 3. The summed E-state index contributed by atoms with van der Waals surface area (Å²) in [5.41, 5.74) is 2.18. The van der Waals surface area contributed by atoms with Crippen molar-refractivity contribution in [1.82, 2.24) is 9.80 Å². The van der Waals surface area contributed by atoms with E-state index >= 15 is 0 Å². The van der Waals surface area contributed by atoms with Crippen LogP contribution in [0.25, 0.3) is 0 Å². The SMILES string of the molecule is Fc1ccc(C(CCCCCN2CCN(CCOc3ccccc3)CC2)c2ccc(F)cc2)cc1. The van der Waals surface area contributed by atoms with Crippen molar-refractivity contribution in [3.8, 4) is 5.75 Å². The molecule has 0 aromatic heterocycles. The zero-order valence-corrected chi connectivity index (χ0v) is 20.4. The highest BCUT2D eigenvalue weighted by atomic mass is 19.1. The fourth-order valence-electron chi connectivity index (χ4n) is 4.82. The van der Waals surface area contributed by atoms with E-state index in [-0.39, 0.29) is 17.6 Å². The van der Waals surface area contributed by atoms with Crippen molar-refractivity contribution in [3.63, 3.8) is 0 Å². The quantitative estimate of drug-likeness (QED) is 0.282. The van der Waals surface area contributed by atoms with Crippen LogP contribution >= 0.6 is 0 Å². The minimum absolute atomic E-state index is 0.165. The van der Waals surface area contributed by atoms with Gasteiger partial charge in [0.1, 0.15) is 24.0 Å². The summed E-state index contributed by atoms with van der Waals surface area (Å²) in [6, 6.07) is 23.5. The Bertz CT molecular complexity index is 942. The van der Waals surface area contributed by atoms with Crippen molar-refractivity contribution >= 4 is 0 Å². The van der Waals surface area contributed by atoms with Crippen molar-refractivity contribution < 1.29 is 13.5 Å². The van der Waals surface area contributed by atoms with Gasteiger partial charge in [0.25, 0.3) is 0 Å². The topological polar surface area (TPSA) is 15.7 Å². The van der Waals surface area contributed by atoms with Crippen LogP contribution in [0.4, 0.5) is 8.78 Å². The van der Waals surface area contributed by atoms with Gasteiger partial charge >= 0.3 is 0 Å². The lowest BCUT2D eigenvalue weighted by molar-refractivity contribution is 0.115. The Hall–Kier alpha value is -2.76. The minimum atomic E-state index is -0.226. The molecule has 1 aliphatic heterocycles. The Balaban J connectivity index is 1.14. The van der Waals surface area contributed by atoms with E-state index in [0.717, 1.165) is 82.0 Å². The molecule has 4 rings (SSSR count). The number of hydrogen-bond donors (Lipinski definition) is 0. The first kappa shape index (κ1) is 25.3. The normalized spacial score (nSPS) is 14.9. The first-order chi connectivity index (χ1) is 17.2. The molecule has 0 spiro atoms. The van der Waals surface area contributed by atoms with Crippen LogP contribution in [0, 0.1) is 11.6 Å². The lowest BCUT2D eigenvalue weighted by Crippen LogP contribution is -2.47. The molecule has 0 radical (unpaired) electrons. The summed E-state index contributed by atoms with van der Waals surface area (Å²) in [7, 11) is 0. The predicted octanol–water partition coefficient (Wildman–Crippen LogP) is 6.35. The van der Waals surface area contributed by atoms with Gasteiger partial charge in [-0.25, -0.2) is 8.78 Å². The van der Waals surface area contributed by atoms with Gasteiger partial charge in [-0.05, 0) is 66.9 Å². The van der Waals surface area contributed by atoms with E-state index in [1.54, 1.807) is 0 Å². The molecule has 1 fully saturated rings. The Kier molecular flexibility index (Phi) is 9.67. The average Bonchev–Trinajstić information content (AvgIpc) is 2.89.